The smallest absolute Gasteiger partial charge is 0.374 e. The second-order valence-corrected chi connectivity index (χ2v) is 5.80. The third-order valence-electron chi connectivity index (χ3n) is 2.70. The van der Waals surface area contributed by atoms with Crippen molar-refractivity contribution >= 4 is 28.4 Å². The summed E-state index contributed by atoms with van der Waals surface area (Å²) in [7, 11) is -3.74. The third kappa shape index (κ3) is 3.95. The molecule has 1 aromatic rings. The number of nitrogens with one attached hydrogen (secondary N) is 2. The van der Waals surface area contributed by atoms with Crippen LogP contribution >= 0.6 is 12.4 Å². The lowest BCUT2D eigenvalue weighted by atomic mass is 10.3. The van der Waals surface area contributed by atoms with Crippen molar-refractivity contribution in [2.75, 3.05) is 19.7 Å². The molecule has 0 spiro atoms. The Bertz CT molecular complexity index is 551. The Labute approximate surface area is 123 Å². The molecule has 1 atom stereocenters. The number of furan rings is 1. The molecule has 9 heteroatoms. The maximum absolute atomic E-state index is 12.0. The van der Waals surface area contributed by atoms with E-state index in [0.29, 0.717) is 6.54 Å². The minimum absolute atomic E-state index is 0. The van der Waals surface area contributed by atoms with E-state index in [1.165, 1.54) is 12.1 Å². The van der Waals surface area contributed by atoms with Crippen LogP contribution in [-0.4, -0.2) is 40.1 Å². The number of esters is 1. The van der Waals surface area contributed by atoms with Crippen molar-refractivity contribution < 1.29 is 22.4 Å². The fraction of sp³-hybridized carbons (Fsp3) is 0.545. The van der Waals surface area contributed by atoms with E-state index in [9.17, 15) is 13.2 Å². The van der Waals surface area contributed by atoms with Gasteiger partial charge in [-0.3, -0.25) is 0 Å². The normalized spacial score (nSPS) is 18.6. The fourth-order valence-corrected chi connectivity index (χ4v) is 3.01. The Hall–Kier alpha value is -1.09. The molecule has 1 unspecified atom stereocenters. The zero-order valence-electron chi connectivity index (χ0n) is 10.9. The molecule has 0 amide bonds. The Morgan fingerprint density at radius 3 is 2.90 bits per heavy atom. The summed E-state index contributed by atoms with van der Waals surface area (Å²) in [4.78, 5) is 11.4. The molecule has 2 N–H and O–H groups in total. The van der Waals surface area contributed by atoms with Crippen LogP contribution in [0.1, 0.15) is 23.9 Å². The summed E-state index contributed by atoms with van der Waals surface area (Å²) in [6.07, 6.45) is 0.727. The number of carbonyl (C=O) groups is 1. The predicted octanol–water partition coefficient (Wildman–Crippen LogP) is 0.518. The van der Waals surface area contributed by atoms with Crippen LogP contribution in [0.5, 0.6) is 0 Å². The summed E-state index contributed by atoms with van der Waals surface area (Å²) in [5.74, 6) is -0.793. The molecule has 1 saturated heterocycles. The highest BCUT2D eigenvalue weighted by Crippen LogP contribution is 2.16. The van der Waals surface area contributed by atoms with E-state index < -0.39 is 16.0 Å². The van der Waals surface area contributed by atoms with Gasteiger partial charge in [0.2, 0.25) is 10.9 Å². The van der Waals surface area contributed by atoms with E-state index in [1.807, 2.05) is 0 Å². The molecule has 1 aliphatic heterocycles. The number of sulfonamides is 1. The molecule has 2 rings (SSSR count). The maximum atomic E-state index is 12.0. The highest BCUT2D eigenvalue weighted by molar-refractivity contribution is 7.89. The molecule has 0 aliphatic carbocycles. The van der Waals surface area contributed by atoms with Crippen LogP contribution in [-0.2, 0) is 14.8 Å². The molecule has 0 aromatic carbocycles. The number of ether oxygens (including phenoxy) is 1. The summed E-state index contributed by atoms with van der Waals surface area (Å²) < 4.78 is 36.3. The molecule has 0 saturated carbocycles. The number of hydrogen-bond donors (Lipinski definition) is 2. The monoisotopic (exact) mass is 324 g/mol. The van der Waals surface area contributed by atoms with Crippen molar-refractivity contribution in [2.45, 2.75) is 24.5 Å². The SMILES string of the molecule is CCOC(=O)c1ccc(S(=O)(=O)NC2CCNC2)o1.Cl. The molecular formula is C11H17ClN2O5S. The van der Waals surface area contributed by atoms with Gasteiger partial charge in [0.1, 0.15) is 0 Å². The first kappa shape index (κ1) is 17.0. The molecule has 114 valence electrons. The standard InChI is InChI=1S/C11H16N2O5S.ClH/c1-2-17-11(14)9-3-4-10(18-9)19(15,16)13-8-5-6-12-7-8;/h3-4,8,12-13H,2,5-7H2,1H3;1H. The van der Waals surface area contributed by atoms with Crippen LogP contribution in [0.15, 0.2) is 21.6 Å². The number of halogens is 1. The Kier molecular flexibility index (Phi) is 6.00. The van der Waals surface area contributed by atoms with Crippen molar-refractivity contribution in [3.8, 4) is 0 Å². The van der Waals surface area contributed by atoms with E-state index in [2.05, 4.69) is 10.0 Å². The van der Waals surface area contributed by atoms with E-state index in [0.717, 1.165) is 13.0 Å². The molecule has 7 nitrogen and oxygen atoms in total. The molecule has 0 bridgehead atoms. The zero-order valence-corrected chi connectivity index (χ0v) is 12.6. The van der Waals surface area contributed by atoms with Gasteiger partial charge >= 0.3 is 5.97 Å². The predicted molar refractivity (Wildman–Crippen MR) is 73.5 cm³/mol. The van der Waals surface area contributed by atoms with Gasteiger partial charge in [-0.1, -0.05) is 0 Å². The lowest BCUT2D eigenvalue weighted by Gasteiger charge is -2.09. The highest BCUT2D eigenvalue weighted by Gasteiger charge is 2.26. The molecule has 2 heterocycles. The van der Waals surface area contributed by atoms with Gasteiger partial charge in [0, 0.05) is 12.6 Å². The highest BCUT2D eigenvalue weighted by atomic mass is 35.5. The van der Waals surface area contributed by atoms with Crippen LogP contribution < -0.4 is 10.0 Å². The summed E-state index contributed by atoms with van der Waals surface area (Å²) >= 11 is 0. The minimum Gasteiger partial charge on any atom is -0.460 e. The number of rotatable bonds is 5. The van der Waals surface area contributed by atoms with Crippen molar-refractivity contribution in [2.24, 2.45) is 0 Å². The number of carbonyl (C=O) groups excluding carboxylic acids is 1. The van der Waals surface area contributed by atoms with E-state index in [4.69, 9.17) is 9.15 Å². The van der Waals surface area contributed by atoms with E-state index in [-0.39, 0.29) is 35.9 Å². The Balaban J connectivity index is 0.00000200. The molecule has 1 aromatic heterocycles. The Morgan fingerprint density at radius 1 is 1.55 bits per heavy atom. The largest absolute Gasteiger partial charge is 0.460 e. The van der Waals surface area contributed by atoms with E-state index >= 15 is 0 Å². The van der Waals surface area contributed by atoms with Crippen LogP contribution in [0.25, 0.3) is 0 Å². The first-order valence-corrected chi connectivity index (χ1v) is 7.51. The summed E-state index contributed by atoms with van der Waals surface area (Å²) in [5, 5.41) is 2.78. The van der Waals surface area contributed by atoms with Crippen molar-refractivity contribution in [1.82, 2.24) is 10.0 Å². The molecular weight excluding hydrogens is 308 g/mol. The van der Waals surface area contributed by atoms with Crippen LogP contribution in [0.4, 0.5) is 0 Å². The van der Waals surface area contributed by atoms with Crippen molar-refractivity contribution in [3.63, 3.8) is 0 Å². The Morgan fingerprint density at radius 2 is 2.30 bits per heavy atom. The minimum atomic E-state index is -3.74. The van der Waals surface area contributed by atoms with Gasteiger partial charge in [0.05, 0.1) is 6.61 Å². The first-order chi connectivity index (χ1) is 9.03. The van der Waals surface area contributed by atoms with Gasteiger partial charge in [-0.05, 0) is 32.0 Å². The number of hydrogen-bond acceptors (Lipinski definition) is 6. The molecule has 20 heavy (non-hydrogen) atoms. The lowest BCUT2D eigenvalue weighted by molar-refractivity contribution is 0.0484. The van der Waals surface area contributed by atoms with Crippen LogP contribution in [0.3, 0.4) is 0 Å². The van der Waals surface area contributed by atoms with Gasteiger partial charge in [0.15, 0.2) is 0 Å². The zero-order chi connectivity index (χ0) is 13.9. The summed E-state index contributed by atoms with van der Waals surface area (Å²) in [6.45, 7) is 3.23. The fourth-order valence-electron chi connectivity index (χ4n) is 1.81. The molecule has 1 fully saturated rings. The summed E-state index contributed by atoms with van der Waals surface area (Å²) in [5.41, 5.74) is 0. The van der Waals surface area contributed by atoms with Crippen LogP contribution in [0, 0.1) is 0 Å². The first-order valence-electron chi connectivity index (χ1n) is 6.03. The van der Waals surface area contributed by atoms with Gasteiger partial charge in [-0.15, -0.1) is 12.4 Å². The third-order valence-corrected chi connectivity index (χ3v) is 4.10. The second kappa shape index (κ2) is 7.07. The van der Waals surface area contributed by atoms with Gasteiger partial charge < -0.3 is 14.5 Å². The maximum Gasteiger partial charge on any atom is 0.374 e. The quantitative estimate of drug-likeness (QED) is 0.766. The lowest BCUT2D eigenvalue weighted by Crippen LogP contribution is -2.36. The second-order valence-electron chi connectivity index (χ2n) is 4.15. The van der Waals surface area contributed by atoms with Crippen molar-refractivity contribution in [3.05, 3.63) is 17.9 Å². The van der Waals surface area contributed by atoms with Crippen LogP contribution in [0.2, 0.25) is 0 Å². The van der Waals surface area contributed by atoms with Crippen molar-refractivity contribution in [1.29, 1.82) is 0 Å². The van der Waals surface area contributed by atoms with Gasteiger partial charge in [0.25, 0.3) is 10.0 Å². The van der Waals surface area contributed by atoms with E-state index in [1.54, 1.807) is 6.92 Å². The molecule has 0 radical (unpaired) electrons. The topological polar surface area (TPSA) is 97.6 Å². The summed E-state index contributed by atoms with van der Waals surface area (Å²) in [6, 6.07) is 2.39. The average Bonchev–Trinajstić information content (AvgIpc) is 2.98. The average molecular weight is 325 g/mol. The van der Waals surface area contributed by atoms with Gasteiger partial charge in [-0.2, -0.15) is 0 Å². The van der Waals surface area contributed by atoms with Gasteiger partial charge in [-0.25, -0.2) is 17.9 Å². The molecule has 1 aliphatic rings.